The van der Waals surface area contributed by atoms with Gasteiger partial charge in [-0.2, -0.15) is 0 Å². The van der Waals surface area contributed by atoms with E-state index < -0.39 is 0 Å². The zero-order chi connectivity index (χ0) is 15.2. The van der Waals surface area contributed by atoms with Crippen molar-refractivity contribution in [2.45, 2.75) is 13.3 Å². The van der Waals surface area contributed by atoms with Crippen LogP contribution in [-0.4, -0.2) is 16.8 Å². The minimum absolute atomic E-state index is 0.0478. The molecule has 1 heterocycles. The number of benzene rings is 1. The summed E-state index contributed by atoms with van der Waals surface area (Å²) in [6.45, 7) is 1.79. The largest absolute Gasteiger partial charge is 0.326 e. The molecule has 2 amide bonds. The van der Waals surface area contributed by atoms with E-state index in [9.17, 15) is 9.59 Å². The molecule has 2 rings (SSSR count). The van der Waals surface area contributed by atoms with Gasteiger partial charge in [0.1, 0.15) is 4.60 Å². The van der Waals surface area contributed by atoms with Gasteiger partial charge in [-0.1, -0.05) is 6.92 Å². The van der Waals surface area contributed by atoms with Crippen LogP contribution in [-0.2, 0) is 4.79 Å². The maximum atomic E-state index is 12.0. The summed E-state index contributed by atoms with van der Waals surface area (Å²) >= 11 is 3.22. The number of halogens is 1. The highest BCUT2D eigenvalue weighted by Crippen LogP contribution is 2.15. The van der Waals surface area contributed by atoms with Crippen LogP contribution < -0.4 is 10.6 Å². The molecule has 0 spiro atoms. The highest BCUT2D eigenvalue weighted by atomic mass is 79.9. The van der Waals surface area contributed by atoms with Gasteiger partial charge in [-0.3, -0.25) is 9.59 Å². The van der Waals surface area contributed by atoms with Gasteiger partial charge in [0.25, 0.3) is 5.91 Å². The molecule has 0 aliphatic carbocycles. The summed E-state index contributed by atoms with van der Waals surface area (Å²) in [6.07, 6.45) is 1.98. The summed E-state index contributed by atoms with van der Waals surface area (Å²) in [5, 5.41) is 5.52. The standard InChI is InChI=1S/C15H14BrN3O2/c1-2-14(20)18-11-3-5-12(6-4-11)19-15(21)10-7-8-17-13(16)9-10/h3-9H,2H2,1H3,(H,18,20)(H,19,21). The summed E-state index contributed by atoms with van der Waals surface area (Å²) in [4.78, 5) is 27.3. The van der Waals surface area contributed by atoms with E-state index in [-0.39, 0.29) is 11.8 Å². The Morgan fingerprint density at radius 1 is 1.10 bits per heavy atom. The Morgan fingerprint density at radius 3 is 2.29 bits per heavy atom. The molecule has 0 bridgehead atoms. The molecule has 0 aliphatic heterocycles. The topological polar surface area (TPSA) is 71.1 Å². The van der Waals surface area contributed by atoms with Gasteiger partial charge in [-0.05, 0) is 52.3 Å². The number of hydrogen-bond acceptors (Lipinski definition) is 3. The van der Waals surface area contributed by atoms with Gasteiger partial charge >= 0.3 is 0 Å². The molecule has 2 aromatic rings. The van der Waals surface area contributed by atoms with Crippen molar-refractivity contribution in [3.63, 3.8) is 0 Å². The monoisotopic (exact) mass is 347 g/mol. The molecule has 6 heteroatoms. The van der Waals surface area contributed by atoms with E-state index >= 15 is 0 Å². The van der Waals surface area contributed by atoms with E-state index in [0.29, 0.717) is 28.0 Å². The Hall–Kier alpha value is -2.21. The summed E-state index contributed by atoms with van der Waals surface area (Å²) in [5.74, 6) is -0.267. The van der Waals surface area contributed by atoms with Gasteiger partial charge in [0.15, 0.2) is 0 Å². The van der Waals surface area contributed by atoms with Crippen LogP contribution in [0.2, 0.25) is 0 Å². The third-order valence-corrected chi connectivity index (χ3v) is 3.17. The maximum Gasteiger partial charge on any atom is 0.255 e. The van der Waals surface area contributed by atoms with Crippen molar-refractivity contribution < 1.29 is 9.59 Å². The summed E-state index contributed by atoms with van der Waals surface area (Å²) in [7, 11) is 0. The van der Waals surface area contributed by atoms with Crippen molar-refractivity contribution in [2.24, 2.45) is 0 Å². The number of hydrogen-bond donors (Lipinski definition) is 2. The number of amides is 2. The van der Waals surface area contributed by atoms with Gasteiger partial charge in [-0.25, -0.2) is 4.98 Å². The second kappa shape index (κ2) is 6.99. The Bertz CT molecular complexity index is 656. The molecule has 2 N–H and O–H groups in total. The zero-order valence-electron chi connectivity index (χ0n) is 11.4. The molecule has 0 fully saturated rings. The van der Waals surface area contributed by atoms with E-state index in [4.69, 9.17) is 0 Å². The lowest BCUT2D eigenvalue weighted by molar-refractivity contribution is -0.115. The molecule has 0 aliphatic rings. The summed E-state index contributed by atoms with van der Waals surface area (Å²) in [5.41, 5.74) is 1.87. The minimum Gasteiger partial charge on any atom is -0.326 e. The first-order valence-corrected chi connectivity index (χ1v) is 7.20. The number of carbonyl (C=O) groups excluding carboxylic acids is 2. The third-order valence-electron chi connectivity index (χ3n) is 2.74. The lowest BCUT2D eigenvalue weighted by atomic mass is 10.2. The van der Waals surface area contributed by atoms with Crippen LogP contribution in [0, 0.1) is 0 Å². The third kappa shape index (κ3) is 4.39. The predicted octanol–water partition coefficient (Wildman–Crippen LogP) is 3.44. The second-order valence-electron chi connectivity index (χ2n) is 4.30. The molecule has 0 unspecified atom stereocenters. The van der Waals surface area contributed by atoms with Gasteiger partial charge in [0.05, 0.1) is 0 Å². The molecule has 1 aromatic heterocycles. The first-order chi connectivity index (χ1) is 10.1. The van der Waals surface area contributed by atoms with Gasteiger partial charge in [0.2, 0.25) is 5.91 Å². The van der Waals surface area contributed by atoms with Crippen molar-refractivity contribution in [1.29, 1.82) is 0 Å². The number of nitrogens with one attached hydrogen (secondary N) is 2. The van der Waals surface area contributed by atoms with Crippen LogP contribution in [0.5, 0.6) is 0 Å². The van der Waals surface area contributed by atoms with Gasteiger partial charge < -0.3 is 10.6 Å². The average molecular weight is 348 g/mol. The van der Waals surface area contributed by atoms with Gasteiger partial charge in [-0.15, -0.1) is 0 Å². The van der Waals surface area contributed by atoms with Crippen molar-refractivity contribution in [3.8, 4) is 0 Å². The lowest BCUT2D eigenvalue weighted by Crippen LogP contribution is -2.12. The van der Waals surface area contributed by atoms with Crippen LogP contribution in [0.25, 0.3) is 0 Å². The zero-order valence-corrected chi connectivity index (χ0v) is 13.0. The summed E-state index contributed by atoms with van der Waals surface area (Å²) < 4.78 is 0.604. The first-order valence-electron chi connectivity index (χ1n) is 6.41. The smallest absolute Gasteiger partial charge is 0.255 e. The average Bonchev–Trinajstić information content (AvgIpc) is 2.49. The summed E-state index contributed by atoms with van der Waals surface area (Å²) in [6, 6.07) is 10.2. The number of anilines is 2. The Balaban J connectivity index is 2.03. The number of aromatic nitrogens is 1. The quantitative estimate of drug-likeness (QED) is 0.832. The second-order valence-corrected chi connectivity index (χ2v) is 5.11. The highest BCUT2D eigenvalue weighted by molar-refractivity contribution is 9.10. The van der Waals surface area contributed by atoms with Crippen LogP contribution in [0.3, 0.4) is 0 Å². The fraction of sp³-hybridized carbons (Fsp3) is 0.133. The molecule has 0 atom stereocenters. The molecular formula is C15H14BrN3O2. The molecule has 108 valence electrons. The van der Waals surface area contributed by atoms with E-state index in [1.807, 2.05) is 0 Å². The van der Waals surface area contributed by atoms with Crippen molar-refractivity contribution >= 4 is 39.1 Å². The SMILES string of the molecule is CCC(=O)Nc1ccc(NC(=O)c2ccnc(Br)c2)cc1. The lowest BCUT2D eigenvalue weighted by Gasteiger charge is -2.07. The number of carbonyl (C=O) groups is 2. The number of nitrogens with zero attached hydrogens (tertiary/aromatic N) is 1. The fourth-order valence-corrected chi connectivity index (χ4v) is 2.00. The molecular weight excluding hydrogens is 334 g/mol. The Morgan fingerprint density at radius 2 is 1.71 bits per heavy atom. The van der Waals surface area contributed by atoms with E-state index in [2.05, 4.69) is 31.5 Å². The fourth-order valence-electron chi connectivity index (χ4n) is 1.63. The molecule has 0 saturated carbocycles. The van der Waals surface area contributed by atoms with Crippen LogP contribution >= 0.6 is 15.9 Å². The maximum absolute atomic E-state index is 12.0. The van der Waals surface area contributed by atoms with Crippen LogP contribution in [0.1, 0.15) is 23.7 Å². The molecule has 1 aromatic carbocycles. The Labute approximate surface area is 130 Å². The normalized spacial score (nSPS) is 10.0. The van der Waals surface area contributed by atoms with Crippen molar-refractivity contribution in [2.75, 3.05) is 10.6 Å². The van der Waals surface area contributed by atoms with E-state index in [0.717, 1.165) is 0 Å². The molecule has 0 radical (unpaired) electrons. The van der Waals surface area contributed by atoms with Crippen LogP contribution in [0.15, 0.2) is 47.2 Å². The molecule has 21 heavy (non-hydrogen) atoms. The van der Waals surface area contributed by atoms with Crippen molar-refractivity contribution in [3.05, 3.63) is 52.8 Å². The predicted molar refractivity (Wildman–Crippen MR) is 85.3 cm³/mol. The van der Waals surface area contributed by atoms with E-state index in [1.165, 1.54) is 0 Å². The number of rotatable bonds is 4. The molecule has 0 saturated heterocycles. The Kier molecular flexibility index (Phi) is 5.05. The minimum atomic E-state index is -0.219. The highest BCUT2D eigenvalue weighted by Gasteiger charge is 2.07. The van der Waals surface area contributed by atoms with Crippen LogP contribution in [0.4, 0.5) is 11.4 Å². The van der Waals surface area contributed by atoms with Crippen molar-refractivity contribution in [1.82, 2.24) is 4.98 Å². The van der Waals surface area contributed by atoms with E-state index in [1.54, 1.807) is 49.5 Å². The first kappa shape index (κ1) is 15.2. The molecule has 5 nitrogen and oxygen atoms in total. The number of pyridine rings is 1. The van der Waals surface area contributed by atoms with Gasteiger partial charge in [0, 0.05) is 29.6 Å².